The minimum absolute atomic E-state index is 0.153. The summed E-state index contributed by atoms with van der Waals surface area (Å²) in [5.41, 5.74) is 3.59. The van der Waals surface area contributed by atoms with Crippen molar-refractivity contribution in [1.29, 1.82) is 0 Å². The van der Waals surface area contributed by atoms with E-state index in [2.05, 4.69) is 36.6 Å². The van der Waals surface area contributed by atoms with E-state index >= 15 is 0 Å². The highest BCUT2D eigenvalue weighted by molar-refractivity contribution is 7.07. The SMILES string of the molecule is CCC1c2nnc(C)n2-c2cnc(-n3ccnc3-c3cscn3)nc2N1C1CCCC1. The molecule has 0 amide bonds. The summed E-state index contributed by atoms with van der Waals surface area (Å²) < 4.78 is 4.03. The van der Waals surface area contributed by atoms with Crippen molar-refractivity contribution in [1.82, 2.24) is 39.3 Å². The van der Waals surface area contributed by atoms with Crippen LogP contribution in [0.25, 0.3) is 23.2 Å². The van der Waals surface area contributed by atoms with Gasteiger partial charge in [0.05, 0.1) is 17.7 Å². The molecule has 1 fully saturated rings. The van der Waals surface area contributed by atoms with Gasteiger partial charge in [-0.3, -0.25) is 9.13 Å². The minimum Gasteiger partial charge on any atom is -0.341 e. The van der Waals surface area contributed by atoms with Gasteiger partial charge in [0.2, 0.25) is 5.95 Å². The zero-order valence-corrected chi connectivity index (χ0v) is 18.3. The van der Waals surface area contributed by atoms with Gasteiger partial charge in [-0.25, -0.2) is 15.0 Å². The van der Waals surface area contributed by atoms with Crippen LogP contribution in [-0.2, 0) is 0 Å². The summed E-state index contributed by atoms with van der Waals surface area (Å²) in [6, 6.07) is 0.610. The average molecular weight is 434 g/mol. The Morgan fingerprint density at radius 3 is 2.77 bits per heavy atom. The zero-order valence-electron chi connectivity index (χ0n) is 17.5. The van der Waals surface area contributed by atoms with Crippen LogP contribution in [0.15, 0.2) is 29.5 Å². The lowest BCUT2D eigenvalue weighted by molar-refractivity contribution is 0.467. The van der Waals surface area contributed by atoms with Crippen LogP contribution < -0.4 is 4.90 Å². The molecule has 0 spiro atoms. The predicted molar refractivity (Wildman–Crippen MR) is 118 cm³/mol. The molecule has 0 N–H and O–H groups in total. The summed E-state index contributed by atoms with van der Waals surface area (Å²) in [7, 11) is 0. The van der Waals surface area contributed by atoms with Crippen LogP contribution in [0, 0.1) is 6.92 Å². The number of aryl methyl sites for hydroxylation is 1. The second-order valence-corrected chi connectivity index (χ2v) is 8.80. The molecule has 10 heteroatoms. The molecule has 6 rings (SSSR count). The van der Waals surface area contributed by atoms with E-state index in [1.807, 2.05) is 34.8 Å². The smallest absolute Gasteiger partial charge is 0.237 e. The van der Waals surface area contributed by atoms with E-state index in [9.17, 15) is 0 Å². The fraction of sp³-hybridized carbons (Fsp3) is 0.429. The molecule has 9 nitrogen and oxygen atoms in total. The molecule has 0 radical (unpaired) electrons. The zero-order chi connectivity index (χ0) is 20.9. The van der Waals surface area contributed by atoms with Crippen molar-refractivity contribution in [3.05, 3.63) is 41.1 Å². The van der Waals surface area contributed by atoms with Gasteiger partial charge in [0.25, 0.3) is 0 Å². The van der Waals surface area contributed by atoms with Gasteiger partial charge in [0.15, 0.2) is 17.5 Å². The maximum atomic E-state index is 5.11. The minimum atomic E-state index is 0.153. The van der Waals surface area contributed by atoms with Crippen molar-refractivity contribution in [3.8, 4) is 23.2 Å². The molecule has 1 aliphatic heterocycles. The molecule has 0 aromatic carbocycles. The first kappa shape index (κ1) is 18.6. The first-order valence-corrected chi connectivity index (χ1v) is 11.7. The maximum Gasteiger partial charge on any atom is 0.237 e. The fourth-order valence-corrected chi connectivity index (χ4v) is 5.48. The van der Waals surface area contributed by atoms with Crippen molar-refractivity contribution in [2.45, 2.75) is 58.0 Å². The second kappa shape index (κ2) is 7.23. The number of rotatable bonds is 4. The van der Waals surface area contributed by atoms with Crippen molar-refractivity contribution >= 4 is 17.2 Å². The lowest BCUT2D eigenvalue weighted by Gasteiger charge is -2.41. The number of hydrogen-bond donors (Lipinski definition) is 0. The summed E-state index contributed by atoms with van der Waals surface area (Å²) in [6.45, 7) is 4.20. The molecule has 0 bridgehead atoms. The Morgan fingerprint density at radius 2 is 2.00 bits per heavy atom. The lowest BCUT2D eigenvalue weighted by Crippen LogP contribution is -2.42. The highest BCUT2D eigenvalue weighted by atomic mass is 32.1. The molecule has 4 aromatic heterocycles. The number of thiazole rings is 1. The monoisotopic (exact) mass is 433 g/mol. The molecule has 158 valence electrons. The van der Waals surface area contributed by atoms with Crippen molar-refractivity contribution < 1.29 is 0 Å². The summed E-state index contributed by atoms with van der Waals surface area (Å²) >= 11 is 1.55. The van der Waals surface area contributed by atoms with Crippen molar-refractivity contribution in [2.75, 3.05) is 4.90 Å². The molecule has 2 aliphatic rings. The molecular weight excluding hydrogens is 410 g/mol. The van der Waals surface area contributed by atoms with Gasteiger partial charge in [-0.05, 0) is 26.2 Å². The summed E-state index contributed by atoms with van der Waals surface area (Å²) in [5.74, 6) is 4.16. The van der Waals surface area contributed by atoms with Crippen LogP contribution in [0.4, 0.5) is 5.82 Å². The van der Waals surface area contributed by atoms with Crippen LogP contribution in [0.1, 0.15) is 56.7 Å². The van der Waals surface area contributed by atoms with E-state index in [1.54, 1.807) is 17.5 Å². The highest BCUT2D eigenvalue weighted by Gasteiger charge is 2.39. The summed E-state index contributed by atoms with van der Waals surface area (Å²) in [6.07, 6.45) is 11.4. The van der Waals surface area contributed by atoms with Crippen LogP contribution in [0.3, 0.4) is 0 Å². The van der Waals surface area contributed by atoms with Gasteiger partial charge in [-0.2, -0.15) is 4.98 Å². The van der Waals surface area contributed by atoms with Gasteiger partial charge >= 0.3 is 0 Å². The Hall–Kier alpha value is -3.14. The van der Waals surface area contributed by atoms with E-state index < -0.39 is 0 Å². The summed E-state index contributed by atoms with van der Waals surface area (Å²) in [5, 5.41) is 10.9. The van der Waals surface area contributed by atoms with Gasteiger partial charge in [-0.1, -0.05) is 19.8 Å². The first-order chi connectivity index (χ1) is 15.3. The second-order valence-electron chi connectivity index (χ2n) is 8.08. The van der Waals surface area contributed by atoms with Gasteiger partial charge in [0, 0.05) is 23.8 Å². The van der Waals surface area contributed by atoms with Crippen LogP contribution in [0.5, 0.6) is 0 Å². The number of anilines is 1. The standard InChI is InChI=1S/C21H23N9S/c1-3-16-20-27-26-13(2)29(20)17-10-23-21(25-19(17)30(16)14-6-4-5-7-14)28-9-8-22-18(28)15-11-31-12-24-15/h8-12,14,16H,3-7H2,1-2H3. The molecule has 31 heavy (non-hydrogen) atoms. The topological polar surface area (TPSA) is 90.4 Å². The summed E-state index contributed by atoms with van der Waals surface area (Å²) in [4.78, 5) is 21.2. The third kappa shape index (κ3) is 2.81. The number of nitrogens with zero attached hydrogens (tertiary/aromatic N) is 9. The van der Waals surface area contributed by atoms with Gasteiger partial charge < -0.3 is 4.90 Å². The fourth-order valence-electron chi connectivity index (χ4n) is 4.95. The number of imidazole rings is 1. The Balaban J connectivity index is 1.54. The molecule has 1 unspecified atom stereocenters. The van der Waals surface area contributed by atoms with Crippen molar-refractivity contribution in [2.24, 2.45) is 0 Å². The largest absolute Gasteiger partial charge is 0.341 e. The first-order valence-electron chi connectivity index (χ1n) is 10.8. The van der Waals surface area contributed by atoms with E-state index in [4.69, 9.17) is 9.97 Å². The molecule has 1 atom stereocenters. The third-order valence-electron chi connectivity index (χ3n) is 6.33. The Labute approximate surface area is 183 Å². The van der Waals surface area contributed by atoms with Gasteiger partial charge in [0.1, 0.15) is 17.2 Å². The third-order valence-corrected chi connectivity index (χ3v) is 6.92. The number of hydrogen-bond acceptors (Lipinski definition) is 8. The van der Waals surface area contributed by atoms with Crippen LogP contribution in [0.2, 0.25) is 0 Å². The Bertz CT molecular complexity index is 1220. The number of fused-ring (bicyclic) bond motifs is 3. The molecule has 5 heterocycles. The highest BCUT2D eigenvalue weighted by Crippen LogP contribution is 2.43. The Kier molecular flexibility index (Phi) is 4.34. The van der Waals surface area contributed by atoms with E-state index in [0.29, 0.717) is 12.0 Å². The molecule has 1 saturated carbocycles. The van der Waals surface area contributed by atoms with Gasteiger partial charge in [-0.15, -0.1) is 21.5 Å². The lowest BCUT2D eigenvalue weighted by atomic mass is 10.0. The molecular formula is C21H23N9S. The van der Waals surface area contributed by atoms with Crippen molar-refractivity contribution in [3.63, 3.8) is 0 Å². The molecule has 1 aliphatic carbocycles. The van der Waals surface area contributed by atoms with E-state index in [-0.39, 0.29) is 6.04 Å². The Morgan fingerprint density at radius 1 is 1.13 bits per heavy atom. The molecule has 4 aromatic rings. The van der Waals surface area contributed by atoms with E-state index in [0.717, 1.165) is 41.1 Å². The number of aromatic nitrogens is 8. The normalized spacial score (nSPS) is 18.4. The average Bonchev–Trinajstić information content (AvgIpc) is 3.59. The van der Waals surface area contributed by atoms with E-state index in [1.165, 1.54) is 25.7 Å². The van der Waals surface area contributed by atoms with Crippen LogP contribution >= 0.6 is 11.3 Å². The molecule has 0 saturated heterocycles. The quantitative estimate of drug-likeness (QED) is 0.482. The van der Waals surface area contributed by atoms with Crippen LogP contribution in [-0.4, -0.2) is 45.3 Å². The maximum absolute atomic E-state index is 5.11. The predicted octanol–water partition coefficient (Wildman–Crippen LogP) is 3.89.